The fourth-order valence-corrected chi connectivity index (χ4v) is 10.4. The van der Waals surface area contributed by atoms with Gasteiger partial charge in [-0.2, -0.15) is 0 Å². The molecule has 0 unspecified atom stereocenters. The summed E-state index contributed by atoms with van der Waals surface area (Å²) in [4.78, 5) is 0. The lowest BCUT2D eigenvalue weighted by molar-refractivity contribution is 1.81. The van der Waals surface area contributed by atoms with Gasteiger partial charge < -0.3 is 0 Å². The molecule has 44 heavy (non-hydrogen) atoms. The molecule has 0 atom stereocenters. The van der Waals surface area contributed by atoms with Gasteiger partial charge in [0.1, 0.15) is 0 Å². The van der Waals surface area contributed by atoms with Gasteiger partial charge in [0, 0.05) is 0 Å². The highest BCUT2D eigenvalue weighted by Crippen LogP contribution is 2.59. The summed E-state index contributed by atoms with van der Waals surface area (Å²) >= 11 is 0. The summed E-state index contributed by atoms with van der Waals surface area (Å²) in [6.45, 7) is 0. The molecular formula is C44H18. The number of benzene rings is 14. The van der Waals surface area contributed by atoms with Crippen LogP contribution >= 0.6 is 0 Å². The van der Waals surface area contributed by atoms with E-state index >= 15 is 0 Å². The molecule has 0 bridgehead atoms. The van der Waals surface area contributed by atoms with Crippen molar-refractivity contribution in [3.8, 4) is 0 Å². The minimum atomic E-state index is 1.34. The molecule has 14 aromatic carbocycles. The van der Waals surface area contributed by atoms with Crippen LogP contribution in [0, 0.1) is 0 Å². The zero-order chi connectivity index (χ0) is 27.7. The molecule has 14 aromatic rings. The lowest BCUT2D eigenvalue weighted by Crippen LogP contribution is -1.99. The van der Waals surface area contributed by atoms with Gasteiger partial charge in [-0.3, -0.25) is 0 Å². The van der Waals surface area contributed by atoms with Crippen LogP contribution in [0.4, 0.5) is 0 Å². The Bertz CT molecular complexity index is 3060. The second-order valence-corrected chi connectivity index (χ2v) is 13.5. The van der Waals surface area contributed by atoms with Gasteiger partial charge in [0.15, 0.2) is 0 Å². The van der Waals surface area contributed by atoms with Gasteiger partial charge in [0.2, 0.25) is 0 Å². The molecule has 0 heterocycles. The third-order valence-corrected chi connectivity index (χ3v) is 11.7. The van der Waals surface area contributed by atoms with Crippen LogP contribution in [0.2, 0.25) is 0 Å². The first-order chi connectivity index (χ1) is 21.8. The van der Waals surface area contributed by atoms with Crippen molar-refractivity contribution >= 4 is 140 Å². The van der Waals surface area contributed by atoms with Crippen LogP contribution in [-0.4, -0.2) is 0 Å². The highest BCUT2D eigenvalue weighted by atomic mass is 14.3. The molecule has 194 valence electrons. The van der Waals surface area contributed by atoms with Crippen molar-refractivity contribution in [2.24, 2.45) is 0 Å². The van der Waals surface area contributed by atoms with E-state index in [0.717, 1.165) is 0 Å². The predicted molar refractivity (Wildman–Crippen MR) is 192 cm³/mol. The molecule has 0 aliphatic carbocycles. The van der Waals surface area contributed by atoms with E-state index in [9.17, 15) is 0 Å². The van der Waals surface area contributed by atoms with Gasteiger partial charge in [-0.05, 0) is 176 Å². The zero-order valence-corrected chi connectivity index (χ0v) is 23.4. The van der Waals surface area contributed by atoms with Crippen molar-refractivity contribution in [3.63, 3.8) is 0 Å². The normalized spacial score (nSPS) is 13.9. The third-order valence-electron chi connectivity index (χ3n) is 11.7. The maximum Gasteiger partial charge on any atom is -0.0000907 e. The average molecular weight is 547 g/mol. The Hall–Kier alpha value is -5.72. The first-order valence-electron chi connectivity index (χ1n) is 15.7. The second kappa shape index (κ2) is 6.02. The van der Waals surface area contributed by atoms with E-state index in [-0.39, 0.29) is 0 Å². The smallest absolute Gasteiger partial charge is 0.0000907 e. The number of hydrogen-bond acceptors (Lipinski definition) is 0. The molecule has 0 saturated carbocycles. The van der Waals surface area contributed by atoms with Gasteiger partial charge >= 0.3 is 0 Å². The van der Waals surface area contributed by atoms with Crippen molar-refractivity contribution in [1.82, 2.24) is 0 Å². The van der Waals surface area contributed by atoms with E-state index in [1.165, 1.54) is 140 Å². The maximum absolute atomic E-state index is 2.51. The molecule has 14 rings (SSSR count). The highest BCUT2D eigenvalue weighted by molar-refractivity contribution is 6.59. The summed E-state index contributed by atoms with van der Waals surface area (Å²) in [7, 11) is 0. The van der Waals surface area contributed by atoms with E-state index in [4.69, 9.17) is 0 Å². The molecule has 0 radical (unpaired) electrons. The third kappa shape index (κ3) is 1.80. The number of rotatable bonds is 0. The monoisotopic (exact) mass is 546 g/mol. The molecule has 0 aliphatic rings. The van der Waals surface area contributed by atoms with Gasteiger partial charge in [0.05, 0.1) is 0 Å². The largest absolute Gasteiger partial charge is 0.0610 e. The number of fused-ring (bicyclic) bond motifs is 2. The lowest BCUT2D eigenvalue weighted by Gasteiger charge is -2.28. The Labute approximate surface area is 248 Å². The molecule has 0 N–H and O–H groups in total. The summed E-state index contributed by atoms with van der Waals surface area (Å²) in [5.74, 6) is 0. The summed E-state index contributed by atoms with van der Waals surface area (Å²) in [6.07, 6.45) is 0. The summed E-state index contributed by atoms with van der Waals surface area (Å²) in [6, 6.07) is 42.6. The Morgan fingerprint density at radius 3 is 0.682 bits per heavy atom. The predicted octanol–water partition coefficient (Wildman–Crippen LogP) is 12.7. The Kier molecular flexibility index (Phi) is 2.77. The average Bonchev–Trinajstić information content (AvgIpc) is 3.06. The van der Waals surface area contributed by atoms with Crippen molar-refractivity contribution in [3.05, 3.63) is 109 Å². The molecule has 0 fully saturated rings. The molecule has 0 amide bonds. The molecule has 0 nitrogen and oxygen atoms in total. The van der Waals surface area contributed by atoms with E-state index in [0.29, 0.717) is 0 Å². The van der Waals surface area contributed by atoms with Gasteiger partial charge in [-0.15, -0.1) is 0 Å². The minimum Gasteiger partial charge on any atom is -0.0610 e. The molecule has 0 saturated heterocycles. The Balaban J connectivity index is 1.52. The van der Waals surface area contributed by atoms with Gasteiger partial charge in [-0.1, -0.05) is 72.8 Å². The topological polar surface area (TPSA) is 0 Å². The van der Waals surface area contributed by atoms with Crippen LogP contribution < -0.4 is 0 Å². The van der Waals surface area contributed by atoms with Crippen LogP contribution in [0.3, 0.4) is 0 Å². The molecule has 0 heteroatoms. The van der Waals surface area contributed by atoms with Gasteiger partial charge in [-0.25, -0.2) is 0 Å². The first-order valence-corrected chi connectivity index (χ1v) is 15.7. The SMILES string of the molecule is c1cc2cc3cc4cc5cccc6c7cccc8cc9cc%10cc%11cccc%12c(c1)c2c1c3c2c4c(c56)c(c87)c9c2c%10c1c%11%12. The highest BCUT2D eigenvalue weighted by Gasteiger charge is 2.30. The first kappa shape index (κ1) is 20.2. The van der Waals surface area contributed by atoms with E-state index in [1.54, 1.807) is 0 Å². The molecule has 0 aliphatic heterocycles. The molecule has 0 aromatic heterocycles. The van der Waals surface area contributed by atoms with Crippen LogP contribution in [0.25, 0.3) is 140 Å². The standard InChI is InChI=1S/C44H18/c1-5-19-13-23-17-24-15-21-7-3-11-29-30-12-4-8-22-16-26-18-25-14-20-6-2-10-28-27(9-1)31(19)39-35(23)43-37(24)41(33(21)29)42(34(22)30)38(26)44(43)36(25)40(39)32(20)28/h1-18H. The fraction of sp³-hybridized carbons (Fsp3) is 0. The summed E-state index contributed by atoms with van der Waals surface area (Å²) < 4.78 is 0. The lowest BCUT2D eigenvalue weighted by atomic mass is 9.74. The van der Waals surface area contributed by atoms with Crippen LogP contribution in [0.15, 0.2) is 109 Å². The second-order valence-electron chi connectivity index (χ2n) is 13.5. The Morgan fingerprint density at radius 2 is 0.409 bits per heavy atom. The van der Waals surface area contributed by atoms with Crippen LogP contribution in [0.5, 0.6) is 0 Å². The minimum absolute atomic E-state index is 1.34. The van der Waals surface area contributed by atoms with E-state index in [1.807, 2.05) is 0 Å². The molecular weight excluding hydrogens is 528 g/mol. The van der Waals surface area contributed by atoms with E-state index in [2.05, 4.69) is 109 Å². The van der Waals surface area contributed by atoms with Crippen molar-refractivity contribution in [2.75, 3.05) is 0 Å². The maximum atomic E-state index is 2.51. The summed E-state index contributed by atoms with van der Waals surface area (Å²) in [5.41, 5.74) is 0. The van der Waals surface area contributed by atoms with Crippen molar-refractivity contribution < 1.29 is 0 Å². The quantitative estimate of drug-likeness (QED) is 0.131. The zero-order valence-electron chi connectivity index (χ0n) is 23.4. The Morgan fingerprint density at radius 1 is 0.182 bits per heavy atom. The fourth-order valence-electron chi connectivity index (χ4n) is 10.4. The van der Waals surface area contributed by atoms with Crippen LogP contribution in [0.1, 0.15) is 0 Å². The van der Waals surface area contributed by atoms with E-state index < -0.39 is 0 Å². The molecule has 0 spiro atoms. The van der Waals surface area contributed by atoms with Crippen molar-refractivity contribution in [2.45, 2.75) is 0 Å². The number of hydrogen-bond donors (Lipinski definition) is 0. The van der Waals surface area contributed by atoms with Crippen molar-refractivity contribution in [1.29, 1.82) is 0 Å². The summed E-state index contributed by atoms with van der Waals surface area (Å²) in [5, 5.41) is 36.7. The van der Waals surface area contributed by atoms with Gasteiger partial charge in [0.25, 0.3) is 0 Å². The van der Waals surface area contributed by atoms with Crippen LogP contribution in [-0.2, 0) is 0 Å².